The predicted octanol–water partition coefficient (Wildman–Crippen LogP) is 4.56. The van der Waals surface area contributed by atoms with Crippen LogP contribution in [-0.4, -0.2) is 24.1 Å². The molecule has 0 saturated heterocycles. The molecule has 1 N–H and O–H groups in total. The lowest BCUT2D eigenvalue weighted by Gasteiger charge is -2.29. The molecule has 2 aromatic carbocycles. The molecule has 1 heterocycles. The standard InChI is InChI=1S/C24H22N2O3S/c1-3-29-24(28)21-16(2)26-23(30-15-20(27)17-10-6-4-7-11-17)19(14-25)22(21)18-12-8-5-9-13-18/h4-13,22,26H,3,15H2,1-2H3. The van der Waals surface area contributed by atoms with Gasteiger partial charge in [-0.05, 0) is 19.4 Å². The van der Waals surface area contributed by atoms with Gasteiger partial charge < -0.3 is 10.1 Å². The van der Waals surface area contributed by atoms with Crippen molar-refractivity contribution in [3.8, 4) is 6.07 Å². The zero-order valence-electron chi connectivity index (χ0n) is 16.8. The molecule has 1 aliphatic heterocycles. The normalized spacial score (nSPS) is 16.0. The van der Waals surface area contributed by atoms with Crippen molar-refractivity contribution in [3.63, 3.8) is 0 Å². The fourth-order valence-corrected chi connectivity index (χ4v) is 4.32. The number of rotatable bonds is 7. The Kier molecular flexibility index (Phi) is 7.10. The summed E-state index contributed by atoms with van der Waals surface area (Å²) in [7, 11) is 0. The van der Waals surface area contributed by atoms with E-state index in [1.807, 2.05) is 48.5 Å². The fourth-order valence-electron chi connectivity index (χ4n) is 3.33. The average Bonchev–Trinajstić information content (AvgIpc) is 2.78. The van der Waals surface area contributed by atoms with Crippen LogP contribution in [0.25, 0.3) is 0 Å². The number of nitrogens with one attached hydrogen (secondary N) is 1. The van der Waals surface area contributed by atoms with E-state index in [9.17, 15) is 14.9 Å². The van der Waals surface area contributed by atoms with Crippen molar-refractivity contribution >= 4 is 23.5 Å². The molecule has 0 aliphatic carbocycles. The Labute approximate surface area is 180 Å². The minimum atomic E-state index is -0.550. The smallest absolute Gasteiger partial charge is 0.336 e. The molecule has 0 spiro atoms. The lowest BCUT2D eigenvalue weighted by Crippen LogP contribution is -2.29. The second kappa shape index (κ2) is 9.95. The number of dihydropyridines is 1. The number of esters is 1. The van der Waals surface area contributed by atoms with Gasteiger partial charge in [0.25, 0.3) is 0 Å². The molecular weight excluding hydrogens is 396 g/mol. The summed E-state index contributed by atoms with van der Waals surface area (Å²) in [6, 6.07) is 20.7. The van der Waals surface area contributed by atoms with Crippen LogP contribution in [0.15, 0.2) is 82.5 Å². The van der Waals surface area contributed by atoms with Gasteiger partial charge in [-0.15, -0.1) is 0 Å². The highest BCUT2D eigenvalue weighted by atomic mass is 32.2. The Morgan fingerprint density at radius 1 is 1.10 bits per heavy atom. The molecule has 2 aromatic rings. The summed E-state index contributed by atoms with van der Waals surface area (Å²) in [6.45, 7) is 3.78. The third kappa shape index (κ3) is 4.64. The van der Waals surface area contributed by atoms with Gasteiger partial charge in [-0.3, -0.25) is 4.79 Å². The third-order valence-corrected chi connectivity index (χ3v) is 5.74. The number of nitrogens with zero attached hydrogens (tertiary/aromatic N) is 1. The van der Waals surface area contributed by atoms with Crippen LogP contribution in [0.1, 0.15) is 35.7 Å². The van der Waals surface area contributed by atoms with Crippen LogP contribution in [0.2, 0.25) is 0 Å². The van der Waals surface area contributed by atoms with E-state index in [4.69, 9.17) is 4.74 Å². The van der Waals surface area contributed by atoms with Crippen molar-refractivity contribution in [1.29, 1.82) is 5.26 Å². The summed E-state index contributed by atoms with van der Waals surface area (Å²) >= 11 is 1.27. The average molecular weight is 419 g/mol. The first-order valence-electron chi connectivity index (χ1n) is 9.62. The summed E-state index contributed by atoms with van der Waals surface area (Å²) in [6.07, 6.45) is 0. The van der Waals surface area contributed by atoms with E-state index >= 15 is 0 Å². The van der Waals surface area contributed by atoms with E-state index in [2.05, 4.69) is 11.4 Å². The first-order chi connectivity index (χ1) is 14.6. The largest absolute Gasteiger partial charge is 0.463 e. The molecule has 0 amide bonds. The number of Topliss-reactive ketones (excluding diaryl/α,β-unsaturated/α-hetero) is 1. The Morgan fingerprint density at radius 2 is 1.73 bits per heavy atom. The highest BCUT2D eigenvalue weighted by molar-refractivity contribution is 8.03. The number of carbonyl (C=O) groups is 2. The van der Waals surface area contributed by atoms with E-state index in [0.29, 0.717) is 27.4 Å². The summed E-state index contributed by atoms with van der Waals surface area (Å²) in [5, 5.41) is 13.7. The molecule has 0 fully saturated rings. The number of ketones is 1. The second-order valence-electron chi connectivity index (χ2n) is 6.66. The molecule has 0 saturated carbocycles. The van der Waals surface area contributed by atoms with E-state index in [1.165, 1.54) is 11.8 Å². The Bertz CT molecular complexity index is 1040. The van der Waals surface area contributed by atoms with Gasteiger partial charge in [-0.25, -0.2) is 4.79 Å². The van der Waals surface area contributed by atoms with E-state index in [0.717, 1.165) is 5.56 Å². The number of allylic oxidation sites excluding steroid dienone is 2. The topological polar surface area (TPSA) is 79.2 Å². The van der Waals surface area contributed by atoms with Gasteiger partial charge in [0.15, 0.2) is 5.78 Å². The van der Waals surface area contributed by atoms with Crippen LogP contribution in [-0.2, 0) is 9.53 Å². The Hall–Kier alpha value is -3.30. The van der Waals surface area contributed by atoms with E-state index < -0.39 is 11.9 Å². The second-order valence-corrected chi connectivity index (χ2v) is 7.65. The van der Waals surface area contributed by atoms with Crippen molar-refractivity contribution in [3.05, 3.63) is 93.7 Å². The van der Waals surface area contributed by atoms with Crippen LogP contribution in [0.5, 0.6) is 0 Å². The predicted molar refractivity (Wildman–Crippen MR) is 118 cm³/mol. The zero-order chi connectivity index (χ0) is 21.5. The summed E-state index contributed by atoms with van der Waals surface area (Å²) in [4.78, 5) is 25.2. The molecule has 0 bridgehead atoms. The highest BCUT2D eigenvalue weighted by Crippen LogP contribution is 2.41. The minimum absolute atomic E-state index is 0.0266. The first kappa shape index (κ1) is 21.4. The zero-order valence-corrected chi connectivity index (χ0v) is 17.7. The van der Waals surface area contributed by atoms with Crippen LogP contribution >= 0.6 is 11.8 Å². The molecule has 6 heteroatoms. The van der Waals surface area contributed by atoms with Gasteiger partial charge in [-0.1, -0.05) is 72.4 Å². The molecule has 30 heavy (non-hydrogen) atoms. The molecule has 0 radical (unpaired) electrons. The number of carbonyl (C=O) groups excluding carboxylic acids is 2. The molecule has 1 unspecified atom stereocenters. The van der Waals surface area contributed by atoms with Gasteiger partial charge in [0.2, 0.25) is 0 Å². The summed E-state index contributed by atoms with van der Waals surface area (Å²) in [5.41, 5.74) is 2.89. The monoisotopic (exact) mass is 418 g/mol. The van der Waals surface area contributed by atoms with Gasteiger partial charge in [-0.2, -0.15) is 5.26 Å². The Morgan fingerprint density at radius 3 is 2.33 bits per heavy atom. The maximum atomic E-state index is 12.7. The molecule has 0 aromatic heterocycles. The van der Waals surface area contributed by atoms with Crippen LogP contribution < -0.4 is 5.32 Å². The number of hydrogen-bond donors (Lipinski definition) is 1. The van der Waals surface area contributed by atoms with E-state index in [1.54, 1.807) is 26.0 Å². The molecular formula is C24H22N2O3S. The molecule has 5 nitrogen and oxygen atoms in total. The number of thioether (sulfide) groups is 1. The molecule has 1 aliphatic rings. The molecule has 152 valence electrons. The minimum Gasteiger partial charge on any atom is -0.463 e. The van der Waals surface area contributed by atoms with Crippen LogP contribution in [0.3, 0.4) is 0 Å². The fraction of sp³-hybridized carbons (Fsp3) is 0.208. The lowest BCUT2D eigenvalue weighted by atomic mass is 9.82. The number of nitriles is 1. The van der Waals surface area contributed by atoms with Gasteiger partial charge >= 0.3 is 5.97 Å². The maximum Gasteiger partial charge on any atom is 0.336 e. The number of hydrogen-bond acceptors (Lipinski definition) is 6. The molecule has 3 rings (SSSR count). The summed E-state index contributed by atoms with van der Waals surface area (Å²) < 4.78 is 5.26. The number of benzene rings is 2. The van der Waals surface area contributed by atoms with Gasteiger partial charge in [0, 0.05) is 11.3 Å². The van der Waals surface area contributed by atoms with Crippen LogP contribution in [0.4, 0.5) is 0 Å². The maximum absolute atomic E-state index is 12.7. The lowest BCUT2D eigenvalue weighted by molar-refractivity contribution is -0.138. The first-order valence-corrected chi connectivity index (χ1v) is 10.6. The van der Waals surface area contributed by atoms with Crippen LogP contribution in [0, 0.1) is 11.3 Å². The van der Waals surface area contributed by atoms with Gasteiger partial charge in [0.1, 0.15) is 0 Å². The number of ether oxygens (including phenoxy) is 1. The third-order valence-electron chi connectivity index (χ3n) is 4.72. The van der Waals surface area contributed by atoms with E-state index in [-0.39, 0.29) is 18.1 Å². The van der Waals surface area contributed by atoms with Crippen molar-refractivity contribution in [2.24, 2.45) is 0 Å². The molecule has 1 atom stereocenters. The highest BCUT2D eigenvalue weighted by Gasteiger charge is 2.35. The van der Waals surface area contributed by atoms with Crippen molar-refractivity contribution in [2.45, 2.75) is 19.8 Å². The van der Waals surface area contributed by atoms with Crippen molar-refractivity contribution in [1.82, 2.24) is 5.32 Å². The Balaban J connectivity index is 1.96. The van der Waals surface area contributed by atoms with Crippen molar-refractivity contribution in [2.75, 3.05) is 12.4 Å². The van der Waals surface area contributed by atoms with Crippen molar-refractivity contribution < 1.29 is 14.3 Å². The van der Waals surface area contributed by atoms with Gasteiger partial charge in [0.05, 0.1) is 40.5 Å². The quantitative estimate of drug-likeness (QED) is 0.524. The summed E-state index contributed by atoms with van der Waals surface area (Å²) in [5.74, 6) is -0.846. The SMILES string of the molecule is CCOC(=O)C1=C(C)NC(SCC(=O)c2ccccc2)=C(C#N)C1c1ccccc1.